The summed E-state index contributed by atoms with van der Waals surface area (Å²) in [5.41, 5.74) is 0. The van der Waals surface area contributed by atoms with Crippen molar-refractivity contribution in [2.45, 2.75) is 116 Å². The van der Waals surface area contributed by atoms with Crippen molar-refractivity contribution in [2.24, 2.45) is 17.8 Å². The van der Waals surface area contributed by atoms with Gasteiger partial charge < -0.3 is 4.74 Å². The van der Waals surface area contributed by atoms with Crippen LogP contribution in [0.1, 0.15) is 110 Å². The van der Waals surface area contributed by atoms with Crippen molar-refractivity contribution in [3.8, 4) is 0 Å². The predicted octanol–water partition coefficient (Wildman–Crippen LogP) is 7.69. The fourth-order valence-corrected chi connectivity index (χ4v) is 4.73. The van der Waals surface area contributed by atoms with E-state index in [1.54, 1.807) is 0 Å². The molecule has 2 aliphatic rings. The fourth-order valence-electron chi connectivity index (χ4n) is 4.73. The molecule has 146 valence electrons. The van der Waals surface area contributed by atoms with Gasteiger partial charge in [-0.05, 0) is 82.0 Å². The quantitative estimate of drug-likeness (QED) is 0.274. The van der Waals surface area contributed by atoms with Crippen molar-refractivity contribution >= 4 is 0 Å². The molecule has 0 unspecified atom stereocenters. The summed E-state index contributed by atoms with van der Waals surface area (Å²) in [5.74, 6) is 2.92. The molecular formula is C24H44O. The van der Waals surface area contributed by atoms with Crippen LogP contribution in [0.15, 0.2) is 12.2 Å². The summed E-state index contributed by atoms with van der Waals surface area (Å²) in [6, 6.07) is 0. The number of rotatable bonds is 11. The molecule has 2 saturated carbocycles. The lowest BCUT2D eigenvalue weighted by atomic mass is 9.77. The van der Waals surface area contributed by atoms with E-state index < -0.39 is 0 Å². The first-order chi connectivity index (χ1) is 12.3. The van der Waals surface area contributed by atoms with Gasteiger partial charge in [0, 0.05) is 6.61 Å². The number of hydrogen-bond donors (Lipinski definition) is 0. The topological polar surface area (TPSA) is 9.23 Å². The van der Waals surface area contributed by atoms with Crippen LogP contribution >= 0.6 is 0 Å². The molecule has 0 aromatic carbocycles. The SMILES string of the molecule is CCCCC=CC1CCC(CCC2CCC(OCCCC)CC2)CC1. The second kappa shape index (κ2) is 13.0. The largest absolute Gasteiger partial charge is 0.378 e. The second-order valence-corrected chi connectivity index (χ2v) is 8.80. The van der Waals surface area contributed by atoms with E-state index in [-0.39, 0.29) is 0 Å². The average Bonchev–Trinajstić information content (AvgIpc) is 2.66. The van der Waals surface area contributed by atoms with Crippen molar-refractivity contribution < 1.29 is 4.74 Å². The molecule has 0 radical (unpaired) electrons. The highest BCUT2D eigenvalue weighted by atomic mass is 16.5. The maximum atomic E-state index is 6.02. The minimum absolute atomic E-state index is 0.581. The molecule has 0 heterocycles. The van der Waals surface area contributed by atoms with Gasteiger partial charge in [-0.3, -0.25) is 0 Å². The molecule has 0 aliphatic heterocycles. The monoisotopic (exact) mass is 348 g/mol. The molecule has 0 atom stereocenters. The van der Waals surface area contributed by atoms with Gasteiger partial charge in [0.05, 0.1) is 6.10 Å². The highest BCUT2D eigenvalue weighted by Gasteiger charge is 2.24. The molecular weight excluding hydrogens is 304 g/mol. The van der Waals surface area contributed by atoms with E-state index in [0.29, 0.717) is 6.10 Å². The Morgan fingerprint density at radius 1 is 0.760 bits per heavy atom. The van der Waals surface area contributed by atoms with Crippen molar-refractivity contribution in [2.75, 3.05) is 6.61 Å². The number of allylic oxidation sites excluding steroid dienone is 2. The zero-order chi connectivity index (χ0) is 17.7. The summed E-state index contributed by atoms with van der Waals surface area (Å²) < 4.78 is 6.02. The zero-order valence-electron chi connectivity index (χ0n) is 17.2. The minimum Gasteiger partial charge on any atom is -0.378 e. The normalized spacial score (nSPS) is 30.8. The number of ether oxygens (including phenoxy) is 1. The highest BCUT2D eigenvalue weighted by Crippen LogP contribution is 2.36. The molecule has 0 aromatic rings. The van der Waals surface area contributed by atoms with E-state index in [1.165, 1.54) is 96.3 Å². The summed E-state index contributed by atoms with van der Waals surface area (Å²) in [6.07, 6.45) is 26.4. The summed E-state index contributed by atoms with van der Waals surface area (Å²) in [5, 5.41) is 0. The van der Waals surface area contributed by atoms with Gasteiger partial charge in [-0.1, -0.05) is 58.1 Å². The lowest BCUT2D eigenvalue weighted by Gasteiger charge is -2.31. The highest BCUT2D eigenvalue weighted by molar-refractivity contribution is 4.91. The molecule has 0 spiro atoms. The summed E-state index contributed by atoms with van der Waals surface area (Å²) >= 11 is 0. The van der Waals surface area contributed by atoms with Crippen LogP contribution in [0.5, 0.6) is 0 Å². The van der Waals surface area contributed by atoms with Gasteiger partial charge in [0.25, 0.3) is 0 Å². The Kier molecular flexibility index (Phi) is 10.9. The minimum atomic E-state index is 0.581. The number of hydrogen-bond acceptors (Lipinski definition) is 1. The third-order valence-corrected chi connectivity index (χ3v) is 6.65. The maximum absolute atomic E-state index is 6.02. The van der Waals surface area contributed by atoms with E-state index in [0.717, 1.165) is 24.4 Å². The summed E-state index contributed by atoms with van der Waals surface area (Å²) in [4.78, 5) is 0. The van der Waals surface area contributed by atoms with E-state index in [2.05, 4.69) is 26.0 Å². The Labute approximate surface area is 158 Å². The third-order valence-electron chi connectivity index (χ3n) is 6.65. The number of unbranched alkanes of at least 4 members (excludes halogenated alkanes) is 3. The van der Waals surface area contributed by atoms with Gasteiger partial charge >= 0.3 is 0 Å². The summed E-state index contributed by atoms with van der Waals surface area (Å²) in [7, 11) is 0. The first-order valence-corrected chi connectivity index (χ1v) is 11.6. The van der Waals surface area contributed by atoms with Crippen LogP contribution < -0.4 is 0 Å². The van der Waals surface area contributed by atoms with E-state index in [1.807, 2.05) is 0 Å². The van der Waals surface area contributed by atoms with Crippen LogP contribution in [0.4, 0.5) is 0 Å². The molecule has 2 fully saturated rings. The van der Waals surface area contributed by atoms with Gasteiger partial charge in [-0.25, -0.2) is 0 Å². The molecule has 2 rings (SSSR count). The maximum Gasteiger partial charge on any atom is 0.0575 e. The smallest absolute Gasteiger partial charge is 0.0575 e. The standard InChI is InChI=1S/C24H44O/c1-3-5-7-8-9-21-10-12-22(13-11-21)14-15-23-16-18-24(19-17-23)25-20-6-4-2/h8-9,21-24H,3-7,10-20H2,1-2H3. The molecule has 2 aliphatic carbocycles. The van der Waals surface area contributed by atoms with Crippen molar-refractivity contribution in [1.29, 1.82) is 0 Å². The van der Waals surface area contributed by atoms with Crippen LogP contribution in [-0.4, -0.2) is 12.7 Å². The average molecular weight is 349 g/mol. The van der Waals surface area contributed by atoms with Gasteiger partial charge in [0.2, 0.25) is 0 Å². The van der Waals surface area contributed by atoms with E-state index in [9.17, 15) is 0 Å². The Hall–Kier alpha value is -0.300. The fraction of sp³-hybridized carbons (Fsp3) is 0.917. The molecule has 1 heteroatoms. The van der Waals surface area contributed by atoms with Gasteiger partial charge in [-0.2, -0.15) is 0 Å². The molecule has 25 heavy (non-hydrogen) atoms. The Balaban J connectivity index is 1.51. The Morgan fingerprint density at radius 2 is 1.36 bits per heavy atom. The van der Waals surface area contributed by atoms with Gasteiger partial charge in [0.1, 0.15) is 0 Å². The lowest BCUT2D eigenvalue weighted by molar-refractivity contribution is 0.0151. The van der Waals surface area contributed by atoms with Crippen LogP contribution in [-0.2, 0) is 4.74 Å². The lowest BCUT2D eigenvalue weighted by Crippen LogP contribution is -2.23. The molecule has 1 nitrogen and oxygen atoms in total. The van der Waals surface area contributed by atoms with E-state index in [4.69, 9.17) is 4.74 Å². The van der Waals surface area contributed by atoms with Crippen LogP contribution in [0.25, 0.3) is 0 Å². The first kappa shape index (κ1) is 21.0. The molecule has 0 N–H and O–H groups in total. The predicted molar refractivity (Wildman–Crippen MR) is 110 cm³/mol. The second-order valence-electron chi connectivity index (χ2n) is 8.80. The van der Waals surface area contributed by atoms with Gasteiger partial charge in [0.15, 0.2) is 0 Å². The van der Waals surface area contributed by atoms with Gasteiger partial charge in [-0.15, -0.1) is 0 Å². The molecule has 0 amide bonds. The molecule has 0 bridgehead atoms. The van der Waals surface area contributed by atoms with Crippen LogP contribution in [0.3, 0.4) is 0 Å². The zero-order valence-corrected chi connectivity index (χ0v) is 17.2. The molecule has 0 aromatic heterocycles. The van der Waals surface area contributed by atoms with Crippen molar-refractivity contribution in [3.05, 3.63) is 12.2 Å². The van der Waals surface area contributed by atoms with Crippen molar-refractivity contribution in [1.82, 2.24) is 0 Å². The van der Waals surface area contributed by atoms with E-state index >= 15 is 0 Å². The molecule has 0 saturated heterocycles. The Bertz CT molecular complexity index is 332. The first-order valence-electron chi connectivity index (χ1n) is 11.6. The van der Waals surface area contributed by atoms with Crippen LogP contribution in [0, 0.1) is 17.8 Å². The van der Waals surface area contributed by atoms with Crippen molar-refractivity contribution in [3.63, 3.8) is 0 Å². The third kappa shape index (κ3) is 8.76. The Morgan fingerprint density at radius 3 is 1.96 bits per heavy atom. The van der Waals surface area contributed by atoms with Crippen LogP contribution in [0.2, 0.25) is 0 Å². The summed E-state index contributed by atoms with van der Waals surface area (Å²) in [6.45, 7) is 5.52.